The van der Waals surface area contributed by atoms with E-state index < -0.39 is 6.04 Å². The monoisotopic (exact) mass is 311 g/mol. The summed E-state index contributed by atoms with van der Waals surface area (Å²) in [4.78, 5) is 25.2. The summed E-state index contributed by atoms with van der Waals surface area (Å²) in [6.07, 6.45) is 1.38. The van der Waals surface area contributed by atoms with Gasteiger partial charge < -0.3 is 20.7 Å². The van der Waals surface area contributed by atoms with Crippen LogP contribution in [0.25, 0.3) is 0 Å². The lowest BCUT2D eigenvalue weighted by atomic mass is 10.2. The second-order valence-electron chi connectivity index (χ2n) is 4.87. The maximum Gasteiger partial charge on any atom is 0.243 e. The number of nitrogens with one attached hydrogen (secondary N) is 1. The Hall–Kier alpha value is -1.63. The Balaban J connectivity index is 2.08. The van der Waals surface area contributed by atoms with Crippen LogP contribution in [0.5, 0.6) is 0 Å². The highest BCUT2D eigenvalue weighted by atomic mass is 35.5. The zero-order valence-electron chi connectivity index (χ0n) is 11.8. The Morgan fingerprint density at radius 3 is 2.90 bits per heavy atom. The SMILES string of the molecule is COCC(N)C(=O)Nc1ccc(N2CCCC2=O)c(Cl)c1. The van der Waals surface area contributed by atoms with E-state index in [0.29, 0.717) is 29.4 Å². The van der Waals surface area contributed by atoms with E-state index in [-0.39, 0.29) is 18.4 Å². The van der Waals surface area contributed by atoms with Crippen molar-refractivity contribution in [2.45, 2.75) is 18.9 Å². The van der Waals surface area contributed by atoms with E-state index in [0.717, 1.165) is 6.42 Å². The van der Waals surface area contributed by atoms with Crippen molar-refractivity contribution in [2.75, 3.05) is 30.5 Å². The summed E-state index contributed by atoms with van der Waals surface area (Å²) in [5.41, 5.74) is 6.84. The van der Waals surface area contributed by atoms with Crippen molar-refractivity contribution in [2.24, 2.45) is 5.73 Å². The molecule has 114 valence electrons. The van der Waals surface area contributed by atoms with Crippen LogP contribution in [0.3, 0.4) is 0 Å². The summed E-state index contributed by atoms with van der Waals surface area (Å²) in [6.45, 7) is 0.808. The molecule has 0 radical (unpaired) electrons. The number of methoxy groups -OCH3 is 1. The molecule has 0 saturated carbocycles. The molecular weight excluding hydrogens is 294 g/mol. The smallest absolute Gasteiger partial charge is 0.243 e. The van der Waals surface area contributed by atoms with Gasteiger partial charge in [0.2, 0.25) is 11.8 Å². The molecule has 1 aliphatic heterocycles. The fraction of sp³-hybridized carbons (Fsp3) is 0.429. The van der Waals surface area contributed by atoms with Crippen molar-refractivity contribution < 1.29 is 14.3 Å². The molecule has 1 atom stereocenters. The third-order valence-electron chi connectivity index (χ3n) is 3.26. The minimum atomic E-state index is -0.742. The molecule has 1 aliphatic rings. The quantitative estimate of drug-likeness (QED) is 0.860. The van der Waals surface area contributed by atoms with E-state index in [4.69, 9.17) is 22.1 Å². The Morgan fingerprint density at radius 2 is 2.33 bits per heavy atom. The molecule has 1 heterocycles. The molecule has 3 N–H and O–H groups in total. The lowest BCUT2D eigenvalue weighted by Crippen LogP contribution is -2.39. The lowest BCUT2D eigenvalue weighted by Gasteiger charge is -2.18. The third kappa shape index (κ3) is 3.72. The van der Waals surface area contributed by atoms with Crippen LogP contribution in [-0.2, 0) is 14.3 Å². The summed E-state index contributed by atoms with van der Waals surface area (Å²) in [7, 11) is 1.48. The standard InChI is InChI=1S/C14H18ClN3O3/c1-21-8-11(16)14(20)17-9-4-5-12(10(15)7-9)18-6-2-3-13(18)19/h4-5,7,11H,2-3,6,8,16H2,1H3,(H,17,20). The molecule has 0 spiro atoms. The Labute approximate surface area is 128 Å². The minimum absolute atomic E-state index is 0.0656. The van der Waals surface area contributed by atoms with Crippen molar-refractivity contribution >= 4 is 34.8 Å². The zero-order valence-corrected chi connectivity index (χ0v) is 12.5. The van der Waals surface area contributed by atoms with Crippen LogP contribution < -0.4 is 16.0 Å². The number of hydrogen-bond donors (Lipinski definition) is 2. The largest absolute Gasteiger partial charge is 0.383 e. The van der Waals surface area contributed by atoms with E-state index >= 15 is 0 Å². The summed E-state index contributed by atoms with van der Waals surface area (Å²) >= 11 is 6.20. The first kappa shape index (κ1) is 15.8. The molecule has 1 fully saturated rings. The number of ether oxygens (including phenoxy) is 1. The van der Waals surface area contributed by atoms with Gasteiger partial charge in [0.15, 0.2) is 0 Å². The van der Waals surface area contributed by atoms with Crippen LogP contribution in [0.2, 0.25) is 5.02 Å². The maximum atomic E-state index is 11.8. The number of carbonyl (C=O) groups excluding carboxylic acids is 2. The number of nitrogens with two attached hydrogens (primary N) is 1. The summed E-state index contributed by atoms with van der Waals surface area (Å²) < 4.78 is 4.83. The van der Waals surface area contributed by atoms with Gasteiger partial charge in [-0.3, -0.25) is 9.59 Å². The molecule has 2 amide bonds. The average molecular weight is 312 g/mol. The van der Waals surface area contributed by atoms with Gasteiger partial charge in [0.1, 0.15) is 6.04 Å². The summed E-state index contributed by atoms with van der Waals surface area (Å²) in [5, 5.41) is 3.08. The van der Waals surface area contributed by atoms with Gasteiger partial charge in [-0.25, -0.2) is 0 Å². The average Bonchev–Trinajstić information content (AvgIpc) is 2.85. The highest BCUT2D eigenvalue weighted by Crippen LogP contribution is 2.31. The van der Waals surface area contributed by atoms with Gasteiger partial charge >= 0.3 is 0 Å². The van der Waals surface area contributed by atoms with Crippen LogP contribution in [0.1, 0.15) is 12.8 Å². The summed E-state index contributed by atoms with van der Waals surface area (Å²) in [5.74, 6) is -0.284. The van der Waals surface area contributed by atoms with E-state index in [2.05, 4.69) is 5.32 Å². The number of benzene rings is 1. The highest BCUT2D eigenvalue weighted by molar-refractivity contribution is 6.34. The minimum Gasteiger partial charge on any atom is -0.383 e. The van der Waals surface area contributed by atoms with Crippen molar-refractivity contribution in [3.8, 4) is 0 Å². The molecule has 7 heteroatoms. The predicted octanol–water partition coefficient (Wildman–Crippen LogP) is 1.38. The van der Waals surface area contributed by atoms with Crippen molar-refractivity contribution in [1.82, 2.24) is 0 Å². The van der Waals surface area contributed by atoms with Crippen LogP contribution in [0.15, 0.2) is 18.2 Å². The highest BCUT2D eigenvalue weighted by Gasteiger charge is 2.23. The van der Waals surface area contributed by atoms with Gasteiger partial charge in [0, 0.05) is 25.8 Å². The molecule has 0 bridgehead atoms. The van der Waals surface area contributed by atoms with Crippen molar-refractivity contribution in [3.63, 3.8) is 0 Å². The van der Waals surface area contributed by atoms with Crippen LogP contribution >= 0.6 is 11.6 Å². The normalized spacial score (nSPS) is 16.1. The van der Waals surface area contributed by atoms with E-state index in [1.165, 1.54) is 7.11 Å². The first-order valence-electron chi connectivity index (χ1n) is 6.68. The van der Waals surface area contributed by atoms with E-state index in [1.807, 2.05) is 0 Å². The van der Waals surface area contributed by atoms with Gasteiger partial charge in [-0.2, -0.15) is 0 Å². The molecule has 2 rings (SSSR count). The van der Waals surface area contributed by atoms with Crippen molar-refractivity contribution in [1.29, 1.82) is 0 Å². The number of anilines is 2. The molecule has 1 unspecified atom stereocenters. The van der Waals surface area contributed by atoms with E-state index in [9.17, 15) is 9.59 Å². The second kappa shape index (κ2) is 6.89. The molecule has 6 nitrogen and oxygen atoms in total. The third-order valence-corrected chi connectivity index (χ3v) is 3.57. The van der Waals surface area contributed by atoms with Crippen molar-refractivity contribution in [3.05, 3.63) is 23.2 Å². The molecule has 1 aromatic carbocycles. The van der Waals surface area contributed by atoms with Crippen LogP contribution in [0.4, 0.5) is 11.4 Å². The molecular formula is C14H18ClN3O3. The van der Waals surface area contributed by atoms with E-state index in [1.54, 1.807) is 23.1 Å². The number of carbonyl (C=O) groups is 2. The molecule has 21 heavy (non-hydrogen) atoms. The fourth-order valence-electron chi connectivity index (χ4n) is 2.20. The topological polar surface area (TPSA) is 84.7 Å². The van der Waals surface area contributed by atoms with Gasteiger partial charge in [-0.05, 0) is 24.6 Å². The maximum absolute atomic E-state index is 11.8. The number of rotatable bonds is 5. The summed E-state index contributed by atoms with van der Waals surface area (Å²) in [6, 6.07) is 4.29. The van der Waals surface area contributed by atoms with Gasteiger partial charge in [-0.1, -0.05) is 11.6 Å². The first-order valence-corrected chi connectivity index (χ1v) is 7.06. The Morgan fingerprint density at radius 1 is 1.57 bits per heavy atom. The molecule has 1 saturated heterocycles. The number of amides is 2. The molecule has 0 aromatic heterocycles. The van der Waals surface area contributed by atoms with Gasteiger partial charge in [0.25, 0.3) is 0 Å². The predicted molar refractivity (Wildman–Crippen MR) is 81.5 cm³/mol. The number of hydrogen-bond acceptors (Lipinski definition) is 4. The number of halogens is 1. The zero-order chi connectivity index (χ0) is 15.4. The van der Waals surface area contributed by atoms with Gasteiger partial charge in [0.05, 0.1) is 17.3 Å². The molecule has 1 aromatic rings. The van der Waals surface area contributed by atoms with Gasteiger partial charge in [-0.15, -0.1) is 0 Å². The lowest BCUT2D eigenvalue weighted by molar-refractivity contribution is -0.118. The second-order valence-corrected chi connectivity index (χ2v) is 5.27. The Kier molecular flexibility index (Phi) is 5.17. The number of nitrogens with zero attached hydrogens (tertiary/aromatic N) is 1. The van der Waals surface area contributed by atoms with Crippen LogP contribution in [0, 0.1) is 0 Å². The van der Waals surface area contributed by atoms with Crippen LogP contribution in [-0.4, -0.2) is 38.1 Å². The Bertz CT molecular complexity index is 550. The molecule has 0 aliphatic carbocycles. The first-order chi connectivity index (χ1) is 10.0. The fourth-order valence-corrected chi connectivity index (χ4v) is 2.48.